The van der Waals surface area contributed by atoms with Crippen LogP contribution in [0.2, 0.25) is 0 Å². The van der Waals surface area contributed by atoms with Crippen LogP contribution in [0.5, 0.6) is 0 Å². The van der Waals surface area contributed by atoms with Crippen molar-refractivity contribution in [2.75, 3.05) is 18.5 Å². The van der Waals surface area contributed by atoms with E-state index in [9.17, 15) is 4.79 Å². The van der Waals surface area contributed by atoms with Gasteiger partial charge in [-0.2, -0.15) is 0 Å². The predicted octanol–water partition coefficient (Wildman–Crippen LogP) is 4.89. The molecule has 0 radical (unpaired) electrons. The van der Waals surface area contributed by atoms with Crippen molar-refractivity contribution in [2.24, 2.45) is 17.8 Å². The molecule has 2 aromatic carbocycles. The molecule has 2 heterocycles. The van der Waals surface area contributed by atoms with E-state index in [1.807, 2.05) is 6.07 Å². The smallest absolute Gasteiger partial charge is 0.251 e. The molecule has 6 atom stereocenters. The van der Waals surface area contributed by atoms with Crippen molar-refractivity contribution in [1.82, 2.24) is 5.32 Å². The average Bonchev–Trinajstić information content (AvgIpc) is 3.55. The normalized spacial score (nSPS) is 33.6. The number of nitrogens with one attached hydrogen (secondary N) is 2. The fourth-order valence-electron chi connectivity index (χ4n) is 6.73. The summed E-state index contributed by atoms with van der Waals surface area (Å²) in [5.41, 5.74) is 4.76. The van der Waals surface area contributed by atoms with Crippen LogP contribution in [0.4, 0.5) is 5.69 Å². The van der Waals surface area contributed by atoms with Crippen LogP contribution in [0.3, 0.4) is 0 Å². The van der Waals surface area contributed by atoms with Gasteiger partial charge >= 0.3 is 0 Å². The number of amides is 1. The van der Waals surface area contributed by atoms with Crippen LogP contribution >= 0.6 is 0 Å². The molecule has 1 saturated heterocycles. The van der Waals surface area contributed by atoms with Gasteiger partial charge in [0.2, 0.25) is 0 Å². The summed E-state index contributed by atoms with van der Waals surface area (Å²) in [6.45, 7) is 1.43. The highest BCUT2D eigenvalue weighted by atomic mass is 16.5. The van der Waals surface area contributed by atoms with Crippen molar-refractivity contribution < 1.29 is 9.53 Å². The second-order valence-electron chi connectivity index (χ2n) is 9.62. The van der Waals surface area contributed by atoms with Crippen LogP contribution in [-0.2, 0) is 4.74 Å². The molecule has 2 N–H and O–H groups in total. The lowest BCUT2D eigenvalue weighted by Gasteiger charge is -2.43. The van der Waals surface area contributed by atoms with E-state index in [1.54, 1.807) is 0 Å². The van der Waals surface area contributed by atoms with Gasteiger partial charge in [-0.25, -0.2) is 0 Å². The lowest BCUT2D eigenvalue weighted by Crippen LogP contribution is -2.36. The maximum Gasteiger partial charge on any atom is 0.251 e. The molecule has 3 fully saturated rings. The van der Waals surface area contributed by atoms with Crippen molar-refractivity contribution >= 4 is 11.6 Å². The Hall–Kier alpha value is -2.33. The number of ether oxygens (including phenoxy) is 1. The van der Waals surface area contributed by atoms with Crippen molar-refractivity contribution in [1.29, 1.82) is 0 Å². The Kier molecular flexibility index (Phi) is 4.56. The van der Waals surface area contributed by atoms with E-state index in [0.29, 0.717) is 24.4 Å². The third-order valence-electron chi connectivity index (χ3n) is 8.02. The molecule has 4 heteroatoms. The molecule has 2 saturated carbocycles. The SMILES string of the molecule is O=C(NC[C@@H]1CCCO1)c1ccc2c(c1)[C@@H]1[C@H]3CC[C@@H](C3)[C@@H]1[C@@H](c1ccccc1)N2. The fourth-order valence-corrected chi connectivity index (χ4v) is 6.73. The zero-order valence-corrected chi connectivity index (χ0v) is 17.3. The fraction of sp³-hybridized carbons (Fsp3) is 0.500. The van der Waals surface area contributed by atoms with E-state index < -0.39 is 0 Å². The maximum atomic E-state index is 12.8. The third kappa shape index (κ3) is 3.04. The molecule has 4 aliphatic rings. The molecule has 0 spiro atoms. The number of hydrogen-bond acceptors (Lipinski definition) is 3. The molecule has 1 amide bonds. The predicted molar refractivity (Wildman–Crippen MR) is 118 cm³/mol. The number of fused-ring (bicyclic) bond motifs is 7. The van der Waals surface area contributed by atoms with Crippen molar-refractivity contribution in [3.8, 4) is 0 Å². The summed E-state index contributed by atoms with van der Waals surface area (Å²) < 4.78 is 5.65. The van der Waals surface area contributed by atoms with Gasteiger partial charge < -0.3 is 15.4 Å². The monoisotopic (exact) mass is 402 g/mol. The molecule has 2 aliphatic carbocycles. The third-order valence-corrected chi connectivity index (χ3v) is 8.02. The summed E-state index contributed by atoms with van der Waals surface area (Å²) in [5, 5.41) is 6.95. The summed E-state index contributed by atoms with van der Waals surface area (Å²) in [5.74, 6) is 2.78. The first-order valence-corrected chi connectivity index (χ1v) is 11.6. The van der Waals surface area contributed by atoms with E-state index in [2.05, 4.69) is 53.1 Å². The number of hydrogen-bond donors (Lipinski definition) is 2. The Balaban J connectivity index is 1.29. The molecular weight excluding hydrogens is 372 g/mol. The molecule has 6 rings (SSSR count). The van der Waals surface area contributed by atoms with Crippen LogP contribution in [0.1, 0.15) is 65.5 Å². The number of carbonyl (C=O) groups is 1. The number of carbonyl (C=O) groups excluding carboxylic acids is 1. The van der Waals surface area contributed by atoms with E-state index >= 15 is 0 Å². The number of benzene rings is 2. The zero-order valence-electron chi connectivity index (χ0n) is 17.3. The maximum absolute atomic E-state index is 12.8. The summed E-state index contributed by atoms with van der Waals surface area (Å²) in [4.78, 5) is 12.8. The minimum Gasteiger partial charge on any atom is -0.378 e. The topological polar surface area (TPSA) is 50.4 Å². The van der Waals surface area contributed by atoms with Gasteiger partial charge in [-0.05, 0) is 85.1 Å². The summed E-state index contributed by atoms with van der Waals surface area (Å²) in [6, 6.07) is 17.6. The van der Waals surface area contributed by atoms with Gasteiger partial charge in [0.15, 0.2) is 0 Å². The minimum absolute atomic E-state index is 0.0261. The Bertz CT molecular complexity index is 937. The van der Waals surface area contributed by atoms with Gasteiger partial charge in [-0.1, -0.05) is 30.3 Å². The minimum atomic E-state index is 0.0261. The Labute approximate surface area is 178 Å². The molecule has 0 unspecified atom stereocenters. The Morgan fingerprint density at radius 1 is 1.07 bits per heavy atom. The van der Waals surface area contributed by atoms with Gasteiger partial charge in [0.1, 0.15) is 0 Å². The summed E-state index contributed by atoms with van der Waals surface area (Å²) in [7, 11) is 0. The van der Waals surface area contributed by atoms with E-state index in [1.165, 1.54) is 36.1 Å². The van der Waals surface area contributed by atoms with Crippen LogP contribution in [0.25, 0.3) is 0 Å². The highest BCUT2D eigenvalue weighted by molar-refractivity contribution is 5.95. The van der Waals surface area contributed by atoms with Gasteiger partial charge in [-0.15, -0.1) is 0 Å². The quantitative estimate of drug-likeness (QED) is 0.765. The first kappa shape index (κ1) is 18.4. The standard InChI is InChI=1S/C26H30N2O2/c29-26(27-15-20-7-4-12-30-20)19-10-11-22-21(14-19)23-17-8-9-18(13-17)24(23)25(28-22)16-5-2-1-3-6-16/h1-3,5-6,10-11,14,17-18,20,23-25,28H,4,7-9,12-13,15H2,(H,27,29)/t17-,18-,20-,23-,24-,25+/m0/s1. The van der Waals surface area contributed by atoms with Crippen molar-refractivity contribution in [3.63, 3.8) is 0 Å². The van der Waals surface area contributed by atoms with Gasteiger partial charge in [0.05, 0.1) is 12.1 Å². The summed E-state index contributed by atoms with van der Waals surface area (Å²) in [6.07, 6.45) is 6.35. The Morgan fingerprint density at radius 2 is 1.93 bits per heavy atom. The number of anilines is 1. The second-order valence-corrected chi connectivity index (χ2v) is 9.62. The van der Waals surface area contributed by atoms with Gasteiger partial charge in [0.25, 0.3) is 5.91 Å². The molecule has 30 heavy (non-hydrogen) atoms. The lowest BCUT2D eigenvalue weighted by atomic mass is 9.68. The highest BCUT2D eigenvalue weighted by Gasteiger charge is 2.53. The molecule has 2 bridgehead atoms. The van der Waals surface area contributed by atoms with Crippen molar-refractivity contribution in [3.05, 3.63) is 65.2 Å². The molecule has 156 valence electrons. The first-order valence-electron chi connectivity index (χ1n) is 11.6. The van der Waals surface area contributed by atoms with E-state index in [-0.39, 0.29) is 12.0 Å². The first-order chi connectivity index (χ1) is 14.8. The van der Waals surface area contributed by atoms with Crippen LogP contribution in [-0.4, -0.2) is 25.2 Å². The second kappa shape index (κ2) is 7.42. The highest BCUT2D eigenvalue weighted by Crippen LogP contribution is 2.63. The Morgan fingerprint density at radius 3 is 2.77 bits per heavy atom. The van der Waals surface area contributed by atoms with Crippen LogP contribution in [0.15, 0.2) is 48.5 Å². The van der Waals surface area contributed by atoms with Crippen molar-refractivity contribution in [2.45, 2.75) is 50.2 Å². The molecule has 2 aliphatic heterocycles. The zero-order chi connectivity index (χ0) is 20.1. The molecule has 0 aromatic heterocycles. The molecular formula is C26H30N2O2. The van der Waals surface area contributed by atoms with E-state index in [0.717, 1.165) is 36.8 Å². The lowest BCUT2D eigenvalue weighted by molar-refractivity contribution is 0.0857. The number of rotatable bonds is 4. The summed E-state index contributed by atoms with van der Waals surface area (Å²) >= 11 is 0. The van der Waals surface area contributed by atoms with Crippen LogP contribution in [0, 0.1) is 17.8 Å². The van der Waals surface area contributed by atoms with Gasteiger partial charge in [-0.3, -0.25) is 4.79 Å². The largest absolute Gasteiger partial charge is 0.378 e. The van der Waals surface area contributed by atoms with Crippen LogP contribution < -0.4 is 10.6 Å². The van der Waals surface area contributed by atoms with Gasteiger partial charge in [0, 0.05) is 24.4 Å². The average molecular weight is 403 g/mol. The van der Waals surface area contributed by atoms with E-state index in [4.69, 9.17) is 4.74 Å². The molecule has 4 nitrogen and oxygen atoms in total. The molecule has 2 aromatic rings.